The number of hydrogen-bond acceptors (Lipinski definition) is 2. The van der Waals surface area contributed by atoms with Gasteiger partial charge in [-0.3, -0.25) is 0 Å². The molecule has 0 aromatic heterocycles. The van der Waals surface area contributed by atoms with Gasteiger partial charge in [-0.1, -0.05) is 0 Å². The topological polar surface area (TPSA) is 20.2 Å². The van der Waals surface area contributed by atoms with E-state index in [-0.39, 0.29) is 6.61 Å². The summed E-state index contributed by atoms with van der Waals surface area (Å²) in [6.07, 6.45) is 1.62. The third-order valence-electron chi connectivity index (χ3n) is 1.71. The number of halogens is 2. The lowest BCUT2D eigenvalue weighted by atomic mass is 10.3. The van der Waals surface area contributed by atoms with Gasteiger partial charge in [0.25, 0.3) is 0 Å². The minimum Gasteiger partial charge on any atom is -0.396 e. The number of aliphatic hydroxyl groups is 1. The van der Waals surface area contributed by atoms with Gasteiger partial charge in [-0.25, -0.2) is 8.78 Å². The average Bonchev–Trinajstić information content (AvgIpc) is 2.18. The molecular weight excluding hydrogens is 206 g/mol. The Balaban J connectivity index is 2.39. The number of benzene rings is 1. The van der Waals surface area contributed by atoms with Crippen LogP contribution in [0.5, 0.6) is 0 Å². The van der Waals surface area contributed by atoms with E-state index in [1.165, 1.54) is 17.8 Å². The normalized spacial score (nSPS) is 10.5. The van der Waals surface area contributed by atoms with Crippen LogP contribution in [0.1, 0.15) is 12.8 Å². The Labute approximate surface area is 86.1 Å². The highest BCUT2D eigenvalue weighted by Gasteiger charge is 2.02. The van der Waals surface area contributed by atoms with Crippen molar-refractivity contribution in [3.63, 3.8) is 0 Å². The summed E-state index contributed by atoms with van der Waals surface area (Å²) in [4.78, 5) is 0.724. The highest BCUT2D eigenvalue weighted by Crippen LogP contribution is 2.21. The van der Waals surface area contributed by atoms with Gasteiger partial charge >= 0.3 is 0 Å². The summed E-state index contributed by atoms with van der Waals surface area (Å²) < 4.78 is 25.3. The zero-order valence-electron chi connectivity index (χ0n) is 7.67. The number of aliphatic hydroxyl groups excluding tert-OH is 1. The maximum absolute atomic E-state index is 12.7. The molecule has 1 nitrogen and oxygen atoms in total. The summed E-state index contributed by atoms with van der Waals surface area (Å²) in [6, 6.07) is 3.88. The summed E-state index contributed by atoms with van der Waals surface area (Å²) in [6.45, 7) is 0.179. The summed E-state index contributed by atoms with van der Waals surface area (Å²) in [5.74, 6) is -0.812. The standard InChI is InChI=1S/C10H12F2OS/c11-9-4-3-8(7-10(9)12)14-6-2-1-5-13/h3-4,7,13H,1-2,5-6H2. The van der Waals surface area contributed by atoms with Gasteiger partial charge in [-0.15, -0.1) is 11.8 Å². The van der Waals surface area contributed by atoms with Crippen LogP contribution >= 0.6 is 11.8 Å². The predicted octanol–water partition coefficient (Wildman–Crippen LogP) is 2.83. The Hall–Kier alpha value is -0.610. The third kappa shape index (κ3) is 3.64. The molecule has 0 fully saturated rings. The molecule has 1 rings (SSSR count). The Morgan fingerprint density at radius 3 is 2.57 bits per heavy atom. The molecule has 0 amide bonds. The van der Waals surface area contributed by atoms with Crippen LogP contribution in [0.25, 0.3) is 0 Å². The van der Waals surface area contributed by atoms with Crippen LogP contribution in [0.2, 0.25) is 0 Å². The molecule has 0 unspecified atom stereocenters. The van der Waals surface area contributed by atoms with Crippen LogP contribution in [0, 0.1) is 11.6 Å². The minimum atomic E-state index is -0.815. The van der Waals surface area contributed by atoms with Crippen molar-refractivity contribution < 1.29 is 13.9 Å². The van der Waals surface area contributed by atoms with Crippen LogP contribution in [0.3, 0.4) is 0 Å². The lowest BCUT2D eigenvalue weighted by Gasteiger charge is -2.01. The first-order valence-corrected chi connectivity index (χ1v) is 5.41. The fourth-order valence-electron chi connectivity index (χ4n) is 0.971. The van der Waals surface area contributed by atoms with Gasteiger partial charge in [0.2, 0.25) is 0 Å². The number of hydrogen-bond donors (Lipinski definition) is 1. The van der Waals surface area contributed by atoms with Crippen molar-refractivity contribution in [1.82, 2.24) is 0 Å². The van der Waals surface area contributed by atoms with E-state index < -0.39 is 11.6 Å². The first kappa shape index (κ1) is 11.5. The summed E-state index contributed by atoms with van der Waals surface area (Å²) >= 11 is 1.47. The Morgan fingerprint density at radius 1 is 1.14 bits per heavy atom. The van der Waals surface area contributed by atoms with Crippen LogP contribution in [-0.2, 0) is 0 Å². The SMILES string of the molecule is OCCCCSc1ccc(F)c(F)c1. The molecule has 14 heavy (non-hydrogen) atoms. The molecule has 4 heteroatoms. The molecule has 0 saturated carbocycles. The van der Waals surface area contributed by atoms with Crippen LogP contribution in [0.15, 0.2) is 23.1 Å². The van der Waals surface area contributed by atoms with Gasteiger partial charge in [0, 0.05) is 11.5 Å². The molecule has 1 aromatic carbocycles. The molecule has 1 aromatic rings. The van der Waals surface area contributed by atoms with Crippen molar-refractivity contribution in [1.29, 1.82) is 0 Å². The fourth-order valence-corrected chi connectivity index (χ4v) is 1.91. The zero-order valence-corrected chi connectivity index (χ0v) is 8.49. The van der Waals surface area contributed by atoms with Crippen LogP contribution < -0.4 is 0 Å². The second-order valence-corrected chi connectivity index (χ2v) is 4.02. The zero-order chi connectivity index (χ0) is 10.4. The Kier molecular flexibility index (Phi) is 4.90. The van der Waals surface area contributed by atoms with E-state index >= 15 is 0 Å². The summed E-state index contributed by atoms with van der Waals surface area (Å²) in [7, 11) is 0. The van der Waals surface area contributed by atoms with E-state index in [0.29, 0.717) is 0 Å². The molecule has 0 spiro atoms. The van der Waals surface area contributed by atoms with Gasteiger partial charge in [-0.2, -0.15) is 0 Å². The molecular formula is C10H12F2OS. The van der Waals surface area contributed by atoms with E-state index in [2.05, 4.69) is 0 Å². The van der Waals surface area contributed by atoms with Crippen LogP contribution in [0.4, 0.5) is 8.78 Å². The highest BCUT2D eigenvalue weighted by molar-refractivity contribution is 7.99. The lowest BCUT2D eigenvalue weighted by molar-refractivity contribution is 0.287. The first-order valence-electron chi connectivity index (χ1n) is 4.43. The Morgan fingerprint density at radius 2 is 1.93 bits per heavy atom. The maximum Gasteiger partial charge on any atom is 0.159 e. The minimum absolute atomic E-state index is 0.179. The quantitative estimate of drug-likeness (QED) is 0.605. The van der Waals surface area contributed by atoms with Crippen molar-refractivity contribution in [3.8, 4) is 0 Å². The van der Waals surface area contributed by atoms with E-state index in [9.17, 15) is 8.78 Å². The van der Waals surface area contributed by atoms with Crippen molar-refractivity contribution in [3.05, 3.63) is 29.8 Å². The van der Waals surface area contributed by atoms with E-state index in [1.807, 2.05) is 0 Å². The van der Waals surface area contributed by atoms with Crippen molar-refractivity contribution in [2.45, 2.75) is 17.7 Å². The van der Waals surface area contributed by atoms with Gasteiger partial charge in [0.05, 0.1) is 0 Å². The Bertz CT molecular complexity index is 291. The largest absolute Gasteiger partial charge is 0.396 e. The predicted molar refractivity (Wildman–Crippen MR) is 53.4 cm³/mol. The van der Waals surface area contributed by atoms with Gasteiger partial charge < -0.3 is 5.11 Å². The van der Waals surface area contributed by atoms with E-state index in [1.54, 1.807) is 6.07 Å². The second kappa shape index (κ2) is 5.98. The van der Waals surface area contributed by atoms with E-state index in [0.717, 1.165) is 29.6 Å². The summed E-state index contributed by atoms with van der Waals surface area (Å²) in [5, 5.41) is 8.53. The van der Waals surface area contributed by atoms with Crippen molar-refractivity contribution in [2.75, 3.05) is 12.4 Å². The molecule has 0 heterocycles. The fraction of sp³-hybridized carbons (Fsp3) is 0.400. The molecule has 78 valence electrons. The monoisotopic (exact) mass is 218 g/mol. The number of rotatable bonds is 5. The van der Waals surface area contributed by atoms with E-state index in [4.69, 9.17) is 5.11 Å². The maximum atomic E-state index is 12.7. The molecule has 0 saturated heterocycles. The lowest BCUT2D eigenvalue weighted by Crippen LogP contribution is -1.87. The van der Waals surface area contributed by atoms with Gasteiger partial charge in [0.15, 0.2) is 11.6 Å². The highest BCUT2D eigenvalue weighted by atomic mass is 32.2. The van der Waals surface area contributed by atoms with Crippen LogP contribution in [-0.4, -0.2) is 17.5 Å². The van der Waals surface area contributed by atoms with Gasteiger partial charge in [0.1, 0.15) is 0 Å². The van der Waals surface area contributed by atoms with Gasteiger partial charge in [-0.05, 0) is 36.8 Å². The second-order valence-electron chi connectivity index (χ2n) is 2.86. The molecule has 0 atom stereocenters. The van der Waals surface area contributed by atoms with Crippen molar-refractivity contribution in [2.24, 2.45) is 0 Å². The molecule has 0 radical (unpaired) electrons. The molecule has 0 aliphatic carbocycles. The first-order chi connectivity index (χ1) is 6.74. The molecule has 0 bridgehead atoms. The molecule has 1 N–H and O–H groups in total. The number of unbranched alkanes of at least 4 members (excludes halogenated alkanes) is 1. The number of thioether (sulfide) groups is 1. The molecule has 0 aliphatic rings. The van der Waals surface area contributed by atoms with Crippen molar-refractivity contribution >= 4 is 11.8 Å². The molecule has 0 aliphatic heterocycles. The summed E-state index contributed by atoms with van der Waals surface area (Å²) in [5.41, 5.74) is 0. The smallest absolute Gasteiger partial charge is 0.159 e. The average molecular weight is 218 g/mol. The third-order valence-corrected chi connectivity index (χ3v) is 2.79.